The molecular weight excluding hydrogens is 290 g/mol. The van der Waals surface area contributed by atoms with Gasteiger partial charge in [0.1, 0.15) is 5.82 Å². The number of hydrogen-bond donors (Lipinski definition) is 2. The number of nitrogen functional groups attached to an aromatic ring is 1. The molecule has 0 aliphatic rings. The van der Waals surface area contributed by atoms with Crippen molar-refractivity contribution in [2.75, 3.05) is 25.3 Å². The molecule has 3 aromatic rings. The first-order chi connectivity index (χ1) is 11.1. The van der Waals surface area contributed by atoms with E-state index in [2.05, 4.69) is 10.3 Å². The third-order valence-electron chi connectivity index (χ3n) is 3.85. The van der Waals surface area contributed by atoms with Crippen molar-refractivity contribution in [1.82, 2.24) is 4.98 Å². The summed E-state index contributed by atoms with van der Waals surface area (Å²) in [6.45, 7) is 2.00. The zero-order valence-electron chi connectivity index (χ0n) is 13.4. The minimum Gasteiger partial charge on any atom is -0.493 e. The molecule has 0 amide bonds. The highest BCUT2D eigenvalue weighted by atomic mass is 16.5. The number of benzene rings is 2. The predicted molar refractivity (Wildman–Crippen MR) is 93.7 cm³/mol. The summed E-state index contributed by atoms with van der Waals surface area (Å²) in [5, 5.41) is 5.28. The topological polar surface area (TPSA) is 69.4 Å². The SMILES string of the molecule is COc1ccc(Nc2nccc3c(N)c(C)ccc23)cc1OC. The van der Waals surface area contributed by atoms with Gasteiger partial charge in [0.05, 0.1) is 14.2 Å². The highest BCUT2D eigenvalue weighted by Crippen LogP contribution is 2.33. The first-order valence-corrected chi connectivity index (χ1v) is 7.27. The zero-order valence-corrected chi connectivity index (χ0v) is 13.4. The molecule has 0 bridgehead atoms. The summed E-state index contributed by atoms with van der Waals surface area (Å²) < 4.78 is 10.6. The lowest BCUT2D eigenvalue weighted by molar-refractivity contribution is 0.355. The van der Waals surface area contributed by atoms with Crippen LogP contribution in [-0.2, 0) is 0 Å². The second-order valence-corrected chi connectivity index (χ2v) is 5.25. The van der Waals surface area contributed by atoms with Crippen molar-refractivity contribution in [2.45, 2.75) is 6.92 Å². The molecule has 0 spiro atoms. The highest BCUT2D eigenvalue weighted by molar-refractivity contribution is 6.01. The van der Waals surface area contributed by atoms with Gasteiger partial charge in [0.25, 0.3) is 0 Å². The van der Waals surface area contributed by atoms with Gasteiger partial charge in [0.15, 0.2) is 11.5 Å². The lowest BCUT2D eigenvalue weighted by Gasteiger charge is -2.13. The van der Waals surface area contributed by atoms with E-state index in [0.717, 1.165) is 33.5 Å². The van der Waals surface area contributed by atoms with E-state index in [-0.39, 0.29) is 0 Å². The van der Waals surface area contributed by atoms with Crippen molar-refractivity contribution in [3.63, 3.8) is 0 Å². The Balaban J connectivity index is 2.04. The number of methoxy groups -OCH3 is 2. The summed E-state index contributed by atoms with van der Waals surface area (Å²) in [6, 6.07) is 11.6. The van der Waals surface area contributed by atoms with Gasteiger partial charge < -0.3 is 20.5 Å². The Morgan fingerprint density at radius 2 is 1.74 bits per heavy atom. The molecule has 0 saturated carbocycles. The molecule has 0 aliphatic carbocycles. The fraction of sp³-hybridized carbons (Fsp3) is 0.167. The number of aromatic nitrogens is 1. The average Bonchev–Trinajstić information content (AvgIpc) is 2.58. The number of anilines is 3. The molecule has 0 radical (unpaired) electrons. The summed E-state index contributed by atoms with van der Waals surface area (Å²) in [5.74, 6) is 2.10. The van der Waals surface area contributed by atoms with Crippen LogP contribution in [0.3, 0.4) is 0 Å². The van der Waals surface area contributed by atoms with Gasteiger partial charge in [-0.1, -0.05) is 12.1 Å². The van der Waals surface area contributed by atoms with Gasteiger partial charge >= 0.3 is 0 Å². The molecule has 2 aromatic carbocycles. The van der Waals surface area contributed by atoms with Crippen LogP contribution in [0.5, 0.6) is 11.5 Å². The lowest BCUT2D eigenvalue weighted by atomic mass is 10.1. The summed E-state index contributed by atoms with van der Waals surface area (Å²) in [5.41, 5.74) is 8.87. The fourth-order valence-corrected chi connectivity index (χ4v) is 2.54. The highest BCUT2D eigenvalue weighted by Gasteiger charge is 2.09. The van der Waals surface area contributed by atoms with Crippen LogP contribution in [0.25, 0.3) is 10.8 Å². The number of nitrogens with zero attached hydrogens (tertiary/aromatic N) is 1. The van der Waals surface area contributed by atoms with Gasteiger partial charge in [0, 0.05) is 34.4 Å². The van der Waals surface area contributed by atoms with Crippen LogP contribution in [0, 0.1) is 6.92 Å². The minimum absolute atomic E-state index is 0.660. The predicted octanol–water partition coefficient (Wildman–Crippen LogP) is 3.89. The van der Waals surface area contributed by atoms with E-state index in [1.807, 2.05) is 43.3 Å². The maximum atomic E-state index is 6.17. The van der Waals surface area contributed by atoms with E-state index < -0.39 is 0 Å². The Kier molecular flexibility index (Phi) is 3.93. The largest absolute Gasteiger partial charge is 0.493 e. The number of pyridine rings is 1. The molecule has 0 atom stereocenters. The Labute approximate surface area is 135 Å². The number of rotatable bonds is 4. The normalized spacial score (nSPS) is 10.6. The van der Waals surface area contributed by atoms with Crippen LogP contribution in [0.4, 0.5) is 17.2 Å². The standard InChI is InChI=1S/C18H19N3O2/c1-11-4-6-14-13(17(11)19)8-9-20-18(14)21-12-5-7-15(22-2)16(10-12)23-3/h4-10H,19H2,1-3H3,(H,20,21). The van der Waals surface area contributed by atoms with E-state index in [1.165, 1.54) is 0 Å². The molecule has 5 nitrogen and oxygen atoms in total. The zero-order chi connectivity index (χ0) is 16.4. The summed E-state index contributed by atoms with van der Waals surface area (Å²) in [7, 11) is 3.23. The number of aryl methyl sites for hydroxylation is 1. The van der Waals surface area contributed by atoms with Crippen molar-refractivity contribution < 1.29 is 9.47 Å². The van der Waals surface area contributed by atoms with Crippen LogP contribution in [0.1, 0.15) is 5.56 Å². The average molecular weight is 309 g/mol. The summed E-state index contributed by atoms with van der Waals surface area (Å²) in [4.78, 5) is 4.43. The van der Waals surface area contributed by atoms with Gasteiger partial charge in [-0.2, -0.15) is 0 Å². The molecule has 1 aromatic heterocycles. The van der Waals surface area contributed by atoms with E-state index >= 15 is 0 Å². The van der Waals surface area contributed by atoms with Crippen LogP contribution in [0.2, 0.25) is 0 Å². The number of fused-ring (bicyclic) bond motifs is 1. The smallest absolute Gasteiger partial charge is 0.162 e. The Morgan fingerprint density at radius 1 is 0.957 bits per heavy atom. The lowest BCUT2D eigenvalue weighted by Crippen LogP contribution is -1.98. The Morgan fingerprint density at radius 3 is 2.48 bits per heavy atom. The van der Waals surface area contributed by atoms with Crippen LogP contribution in [0.15, 0.2) is 42.6 Å². The van der Waals surface area contributed by atoms with Crippen molar-refractivity contribution >= 4 is 28.0 Å². The number of hydrogen-bond acceptors (Lipinski definition) is 5. The van der Waals surface area contributed by atoms with Crippen LogP contribution >= 0.6 is 0 Å². The molecule has 0 fully saturated rings. The van der Waals surface area contributed by atoms with E-state index in [1.54, 1.807) is 20.4 Å². The molecule has 3 rings (SSSR count). The van der Waals surface area contributed by atoms with Gasteiger partial charge in [-0.15, -0.1) is 0 Å². The maximum absolute atomic E-state index is 6.17. The van der Waals surface area contributed by atoms with Gasteiger partial charge in [-0.05, 0) is 30.7 Å². The molecule has 0 saturated heterocycles. The van der Waals surface area contributed by atoms with Crippen molar-refractivity contribution in [1.29, 1.82) is 0 Å². The molecule has 3 N–H and O–H groups in total. The third-order valence-corrected chi connectivity index (χ3v) is 3.85. The summed E-state index contributed by atoms with van der Waals surface area (Å²) >= 11 is 0. The van der Waals surface area contributed by atoms with E-state index in [9.17, 15) is 0 Å². The van der Waals surface area contributed by atoms with Crippen LogP contribution < -0.4 is 20.5 Å². The molecule has 5 heteroatoms. The van der Waals surface area contributed by atoms with E-state index in [0.29, 0.717) is 11.5 Å². The number of nitrogens with one attached hydrogen (secondary N) is 1. The molecule has 23 heavy (non-hydrogen) atoms. The van der Waals surface area contributed by atoms with Gasteiger partial charge in [-0.25, -0.2) is 4.98 Å². The summed E-state index contributed by atoms with van der Waals surface area (Å²) in [6.07, 6.45) is 1.75. The number of ether oxygens (including phenoxy) is 2. The molecule has 0 unspecified atom stereocenters. The minimum atomic E-state index is 0.660. The maximum Gasteiger partial charge on any atom is 0.162 e. The van der Waals surface area contributed by atoms with Gasteiger partial charge in [-0.3, -0.25) is 0 Å². The first-order valence-electron chi connectivity index (χ1n) is 7.27. The van der Waals surface area contributed by atoms with Crippen molar-refractivity contribution in [2.24, 2.45) is 0 Å². The third kappa shape index (κ3) is 2.73. The monoisotopic (exact) mass is 309 g/mol. The second kappa shape index (κ2) is 6.04. The van der Waals surface area contributed by atoms with Crippen molar-refractivity contribution in [3.8, 4) is 11.5 Å². The second-order valence-electron chi connectivity index (χ2n) is 5.25. The molecule has 0 aliphatic heterocycles. The fourth-order valence-electron chi connectivity index (χ4n) is 2.54. The quantitative estimate of drug-likeness (QED) is 0.716. The van der Waals surface area contributed by atoms with Crippen molar-refractivity contribution in [3.05, 3.63) is 48.2 Å². The Hall–Kier alpha value is -2.95. The van der Waals surface area contributed by atoms with Crippen LogP contribution in [-0.4, -0.2) is 19.2 Å². The van der Waals surface area contributed by atoms with E-state index in [4.69, 9.17) is 15.2 Å². The number of nitrogens with two attached hydrogens (primary N) is 1. The molecule has 1 heterocycles. The molecule has 118 valence electrons. The van der Waals surface area contributed by atoms with Gasteiger partial charge in [0.2, 0.25) is 0 Å². The Bertz CT molecular complexity index is 862. The molecular formula is C18H19N3O2. The first kappa shape index (κ1) is 15.0.